The molecule has 0 unspecified atom stereocenters. The molecule has 0 spiro atoms. The van der Waals surface area contributed by atoms with Gasteiger partial charge in [-0.25, -0.2) is 0 Å². The number of hydrogen-bond donors (Lipinski definition) is 1. The van der Waals surface area contributed by atoms with E-state index in [-0.39, 0.29) is 35.9 Å². The quantitative estimate of drug-likeness (QED) is 0.771. The number of benzene rings is 1. The SMILES string of the molecule is O=C(NC1CCCC1)[C@H]1c2ccccc2C(=O)N(C2CCCC2)[C@@H]1c1cccs1. The molecule has 5 rings (SSSR count). The number of nitrogens with one attached hydrogen (secondary N) is 1. The lowest BCUT2D eigenvalue weighted by Crippen LogP contribution is -2.51. The van der Waals surface area contributed by atoms with Crippen LogP contribution in [-0.4, -0.2) is 28.8 Å². The molecule has 2 aliphatic carbocycles. The van der Waals surface area contributed by atoms with Gasteiger partial charge in [0.05, 0.1) is 12.0 Å². The van der Waals surface area contributed by atoms with Crippen LogP contribution in [0.25, 0.3) is 0 Å². The molecule has 2 aromatic rings. The van der Waals surface area contributed by atoms with Gasteiger partial charge in [-0.2, -0.15) is 0 Å². The van der Waals surface area contributed by atoms with E-state index in [4.69, 9.17) is 0 Å². The second kappa shape index (κ2) is 7.94. The average Bonchev–Trinajstić information content (AvgIpc) is 3.50. The summed E-state index contributed by atoms with van der Waals surface area (Å²) in [5.41, 5.74) is 1.60. The van der Waals surface area contributed by atoms with E-state index in [9.17, 15) is 9.59 Å². The first kappa shape index (κ1) is 18.9. The van der Waals surface area contributed by atoms with Gasteiger partial charge in [0, 0.05) is 22.5 Å². The van der Waals surface area contributed by atoms with Crippen LogP contribution in [0, 0.1) is 0 Å². The van der Waals surface area contributed by atoms with Crippen molar-refractivity contribution in [3.63, 3.8) is 0 Å². The van der Waals surface area contributed by atoms with Crippen molar-refractivity contribution >= 4 is 23.2 Å². The fraction of sp³-hybridized carbons (Fsp3) is 0.500. The summed E-state index contributed by atoms with van der Waals surface area (Å²) < 4.78 is 0. The highest BCUT2D eigenvalue weighted by Gasteiger charge is 2.47. The lowest BCUT2D eigenvalue weighted by Gasteiger charge is -2.44. The Morgan fingerprint density at radius 2 is 1.69 bits per heavy atom. The van der Waals surface area contributed by atoms with Gasteiger partial charge in [-0.15, -0.1) is 11.3 Å². The topological polar surface area (TPSA) is 49.4 Å². The lowest BCUT2D eigenvalue weighted by molar-refractivity contribution is -0.125. The molecule has 152 valence electrons. The van der Waals surface area contributed by atoms with Gasteiger partial charge in [-0.1, -0.05) is 49.9 Å². The fourth-order valence-electron chi connectivity index (χ4n) is 5.54. The Morgan fingerprint density at radius 1 is 0.966 bits per heavy atom. The minimum atomic E-state index is -0.344. The second-order valence-electron chi connectivity index (χ2n) is 8.67. The number of hydrogen-bond acceptors (Lipinski definition) is 3. The summed E-state index contributed by atoms with van der Waals surface area (Å²) in [5.74, 6) is -0.169. The number of rotatable bonds is 4. The first-order valence-corrected chi connectivity index (χ1v) is 11.9. The summed E-state index contributed by atoms with van der Waals surface area (Å²) in [6.07, 6.45) is 8.89. The van der Waals surface area contributed by atoms with Crippen molar-refractivity contribution in [2.75, 3.05) is 0 Å². The molecule has 29 heavy (non-hydrogen) atoms. The van der Waals surface area contributed by atoms with Gasteiger partial charge in [0.2, 0.25) is 5.91 Å². The molecule has 2 heterocycles. The number of nitrogens with zero attached hydrogens (tertiary/aromatic N) is 1. The lowest BCUT2D eigenvalue weighted by atomic mass is 9.80. The van der Waals surface area contributed by atoms with E-state index < -0.39 is 0 Å². The number of carbonyl (C=O) groups is 2. The van der Waals surface area contributed by atoms with Gasteiger partial charge < -0.3 is 10.2 Å². The van der Waals surface area contributed by atoms with Gasteiger partial charge in [0.25, 0.3) is 5.91 Å². The van der Waals surface area contributed by atoms with Crippen LogP contribution in [0.4, 0.5) is 0 Å². The summed E-state index contributed by atoms with van der Waals surface area (Å²) in [4.78, 5) is 30.5. The predicted octanol–water partition coefficient (Wildman–Crippen LogP) is 5.03. The van der Waals surface area contributed by atoms with E-state index in [1.165, 1.54) is 12.8 Å². The van der Waals surface area contributed by atoms with Crippen LogP contribution >= 0.6 is 11.3 Å². The van der Waals surface area contributed by atoms with Crippen molar-refractivity contribution < 1.29 is 9.59 Å². The van der Waals surface area contributed by atoms with E-state index >= 15 is 0 Å². The highest BCUT2D eigenvalue weighted by atomic mass is 32.1. The molecule has 4 nitrogen and oxygen atoms in total. The molecule has 2 atom stereocenters. The summed E-state index contributed by atoms with van der Waals surface area (Å²) in [5, 5.41) is 5.39. The summed E-state index contributed by atoms with van der Waals surface area (Å²) in [6.45, 7) is 0. The van der Waals surface area contributed by atoms with Crippen LogP contribution in [0.2, 0.25) is 0 Å². The molecule has 2 saturated carbocycles. The second-order valence-corrected chi connectivity index (χ2v) is 9.65. The van der Waals surface area contributed by atoms with Gasteiger partial charge in [-0.3, -0.25) is 9.59 Å². The van der Waals surface area contributed by atoms with Crippen LogP contribution in [0.5, 0.6) is 0 Å². The van der Waals surface area contributed by atoms with Gasteiger partial charge in [-0.05, 0) is 48.8 Å². The van der Waals surface area contributed by atoms with Crippen molar-refractivity contribution in [3.8, 4) is 0 Å². The van der Waals surface area contributed by atoms with Gasteiger partial charge >= 0.3 is 0 Å². The largest absolute Gasteiger partial charge is 0.353 e. The van der Waals surface area contributed by atoms with E-state index in [1.807, 2.05) is 30.3 Å². The number of amides is 2. The maximum absolute atomic E-state index is 13.6. The van der Waals surface area contributed by atoms with E-state index in [0.29, 0.717) is 5.56 Å². The maximum atomic E-state index is 13.6. The van der Waals surface area contributed by atoms with E-state index in [2.05, 4.69) is 21.7 Å². The van der Waals surface area contributed by atoms with Crippen LogP contribution in [0.1, 0.15) is 84.1 Å². The zero-order chi connectivity index (χ0) is 19.8. The predicted molar refractivity (Wildman–Crippen MR) is 115 cm³/mol. The molecule has 0 saturated heterocycles. The zero-order valence-corrected chi connectivity index (χ0v) is 17.5. The Morgan fingerprint density at radius 3 is 2.41 bits per heavy atom. The third kappa shape index (κ3) is 3.39. The van der Waals surface area contributed by atoms with Crippen LogP contribution in [-0.2, 0) is 4.79 Å². The Balaban J connectivity index is 1.60. The van der Waals surface area contributed by atoms with Crippen molar-refractivity contribution in [2.45, 2.75) is 75.4 Å². The number of fused-ring (bicyclic) bond motifs is 1. The van der Waals surface area contributed by atoms with Crippen molar-refractivity contribution in [1.82, 2.24) is 10.2 Å². The third-order valence-corrected chi connectivity index (χ3v) is 7.86. The summed E-state index contributed by atoms with van der Waals surface area (Å²) >= 11 is 1.66. The highest BCUT2D eigenvalue weighted by Crippen LogP contribution is 2.47. The standard InChI is InChI=1S/C24H28N2O2S/c27-23(25-16-8-1-2-9-16)21-18-12-5-6-13-19(18)24(28)26(17-10-3-4-11-17)22(21)20-14-7-15-29-20/h5-7,12-17,21-22H,1-4,8-11H2,(H,25,27)/t21-,22+/m0/s1. The fourth-order valence-corrected chi connectivity index (χ4v) is 6.40. The Labute approximate surface area is 176 Å². The van der Waals surface area contributed by atoms with Crippen molar-refractivity contribution in [1.29, 1.82) is 0 Å². The molecule has 5 heteroatoms. The molecule has 1 N–H and O–H groups in total. The van der Waals surface area contributed by atoms with E-state index in [0.717, 1.165) is 49.0 Å². The minimum absolute atomic E-state index is 0.0817. The molecule has 3 aliphatic rings. The monoisotopic (exact) mass is 408 g/mol. The molecule has 1 aromatic carbocycles. The summed E-state index contributed by atoms with van der Waals surface area (Å²) in [6, 6.07) is 12.2. The van der Waals surface area contributed by atoms with Gasteiger partial charge in [0.1, 0.15) is 0 Å². The smallest absolute Gasteiger partial charge is 0.254 e. The molecule has 0 bridgehead atoms. The van der Waals surface area contributed by atoms with Crippen molar-refractivity contribution in [3.05, 3.63) is 57.8 Å². The van der Waals surface area contributed by atoms with Crippen LogP contribution < -0.4 is 5.32 Å². The minimum Gasteiger partial charge on any atom is -0.353 e. The average molecular weight is 409 g/mol. The Bertz CT molecular complexity index is 882. The normalized spacial score (nSPS) is 25.4. The van der Waals surface area contributed by atoms with Crippen LogP contribution in [0.15, 0.2) is 41.8 Å². The molecule has 1 aliphatic heterocycles. The van der Waals surface area contributed by atoms with E-state index in [1.54, 1.807) is 11.3 Å². The first-order valence-electron chi connectivity index (χ1n) is 11.0. The number of carbonyl (C=O) groups excluding carboxylic acids is 2. The molecular weight excluding hydrogens is 380 g/mol. The molecular formula is C24H28N2O2S. The Kier molecular flexibility index (Phi) is 5.17. The van der Waals surface area contributed by atoms with Crippen LogP contribution in [0.3, 0.4) is 0 Å². The third-order valence-electron chi connectivity index (χ3n) is 6.91. The molecule has 2 fully saturated rings. The molecule has 0 radical (unpaired) electrons. The first-order chi connectivity index (χ1) is 14.2. The molecule has 2 amide bonds. The van der Waals surface area contributed by atoms with Crippen molar-refractivity contribution in [2.24, 2.45) is 0 Å². The maximum Gasteiger partial charge on any atom is 0.254 e. The summed E-state index contributed by atoms with van der Waals surface area (Å²) in [7, 11) is 0. The number of thiophene rings is 1. The van der Waals surface area contributed by atoms with Gasteiger partial charge in [0.15, 0.2) is 0 Å². The highest BCUT2D eigenvalue weighted by molar-refractivity contribution is 7.10. The molecule has 1 aromatic heterocycles. The zero-order valence-electron chi connectivity index (χ0n) is 16.7. The Hall–Kier alpha value is -2.14.